The highest BCUT2D eigenvalue weighted by atomic mass is 32.2. The van der Waals surface area contributed by atoms with E-state index in [9.17, 15) is 4.79 Å². The number of benzene rings is 1. The zero-order valence-electron chi connectivity index (χ0n) is 16.6. The zero-order valence-corrected chi connectivity index (χ0v) is 18.3. The fourth-order valence-corrected chi connectivity index (χ4v) is 6.58. The molecular weight excluding hydrogens is 384 g/mol. The SMILES string of the molecule is CN(C(=O)c1ccsc1)[C@H](Cc1ccccc1)C1CCN([C@H]2CCSC2)CC1. The fourth-order valence-electron chi connectivity index (χ4n) is 4.70. The molecule has 0 spiro atoms. The molecule has 0 aliphatic carbocycles. The number of thiophene rings is 1. The first-order chi connectivity index (χ1) is 13.7. The van der Waals surface area contributed by atoms with E-state index in [-0.39, 0.29) is 11.9 Å². The maximum atomic E-state index is 13.1. The molecule has 5 heteroatoms. The van der Waals surface area contributed by atoms with Crippen molar-refractivity contribution in [2.75, 3.05) is 31.6 Å². The molecule has 2 aliphatic rings. The highest BCUT2D eigenvalue weighted by Gasteiger charge is 2.34. The Bertz CT molecular complexity index is 735. The van der Waals surface area contributed by atoms with Gasteiger partial charge in [-0.25, -0.2) is 0 Å². The first kappa shape index (κ1) is 20.0. The Balaban J connectivity index is 1.47. The molecule has 0 unspecified atom stereocenters. The summed E-state index contributed by atoms with van der Waals surface area (Å²) in [6, 6.07) is 13.7. The smallest absolute Gasteiger partial charge is 0.254 e. The lowest BCUT2D eigenvalue weighted by Crippen LogP contribution is -2.49. The summed E-state index contributed by atoms with van der Waals surface area (Å²) in [6.45, 7) is 2.36. The van der Waals surface area contributed by atoms with E-state index in [0.717, 1.165) is 18.0 Å². The monoisotopic (exact) mass is 414 g/mol. The van der Waals surface area contributed by atoms with E-state index in [1.54, 1.807) is 11.3 Å². The highest BCUT2D eigenvalue weighted by Crippen LogP contribution is 2.31. The van der Waals surface area contributed by atoms with Gasteiger partial charge in [0.05, 0.1) is 5.56 Å². The van der Waals surface area contributed by atoms with E-state index >= 15 is 0 Å². The third-order valence-corrected chi connectivity index (χ3v) is 8.24. The third kappa shape index (κ3) is 4.64. The number of likely N-dealkylation sites (tertiary alicyclic amines) is 1. The highest BCUT2D eigenvalue weighted by molar-refractivity contribution is 7.99. The topological polar surface area (TPSA) is 23.6 Å². The van der Waals surface area contributed by atoms with E-state index in [4.69, 9.17) is 0 Å². The Morgan fingerprint density at radius 1 is 1.18 bits per heavy atom. The summed E-state index contributed by atoms with van der Waals surface area (Å²) >= 11 is 3.69. The molecule has 2 aromatic rings. The van der Waals surface area contributed by atoms with E-state index in [1.807, 2.05) is 28.8 Å². The lowest BCUT2D eigenvalue weighted by Gasteiger charge is -2.41. The predicted molar refractivity (Wildman–Crippen MR) is 120 cm³/mol. The number of likely N-dealkylation sites (N-methyl/N-ethyl adjacent to an activating group) is 1. The lowest BCUT2D eigenvalue weighted by atomic mass is 9.84. The van der Waals surface area contributed by atoms with Crippen molar-refractivity contribution in [3.8, 4) is 0 Å². The summed E-state index contributed by atoms with van der Waals surface area (Å²) in [5.41, 5.74) is 2.15. The van der Waals surface area contributed by atoms with Crippen molar-refractivity contribution in [3.05, 3.63) is 58.3 Å². The molecule has 150 valence electrons. The van der Waals surface area contributed by atoms with Gasteiger partial charge in [-0.2, -0.15) is 23.1 Å². The van der Waals surface area contributed by atoms with Crippen molar-refractivity contribution >= 4 is 29.0 Å². The van der Waals surface area contributed by atoms with Gasteiger partial charge in [-0.1, -0.05) is 30.3 Å². The van der Waals surface area contributed by atoms with Gasteiger partial charge >= 0.3 is 0 Å². The summed E-state index contributed by atoms with van der Waals surface area (Å²) in [6.07, 6.45) is 4.68. The molecule has 1 amide bonds. The number of hydrogen-bond donors (Lipinski definition) is 0. The maximum Gasteiger partial charge on any atom is 0.254 e. The molecule has 2 saturated heterocycles. The average molecular weight is 415 g/mol. The largest absolute Gasteiger partial charge is 0.338 e. The van der Waals surface area contributed by atoms with Crippen LogP contribution in [-0.4, -0.2) is 59.4 Å². The van der Waals surface area contributed by atoms with Crippen LogP contribution in [-0.2, 0) is 6.42 Å². The van der Waals surface area contributed by atoms with Crippen molar-refractivity contribution in [2.45, 2.75) is 37.8 Å². The van der Waals surface area contributed by atoms with Gasteiger partial charge < -0.3 is 4.90 Å². The molecule has 0 radical (unpaired) electrons. The average Bonchev–Trinajstić information content (AvgIpc) is 3.46. The number of amides is 1. The molecular formula is C23H30N2OS2. The molecule has 0 N–H and O–H groups in total. The fraction of sp³-hybridized carbons (Fsp3) is 0.522. The van der Waals surface area contributed by atoms with E-state index in [1.165, 1.54) is 49.4 Å². The Labute approximate surface area is 177 Å². The van der Waals surface area contributed by atoms with Gasteiger partial charge in [0.15, 0.2) is 0 Å². The maximum absolute atomic E-state index is 13.1. The van der Waals surface area contributed by atoms with Crippen molar-refractivity contribution in [2.24, 2.45) is 5.92 Å². The van der Waals surface area contributed by atoms with Crippen LogP contribution < -0.4 is 0 Å². The van der Waals surface area contributed by atoms with Gasteiger partial charge in [-0.05, 0) is 67.5 Å². The predicted octanol–water partition coefficient (Wildman–Crippen LogP) is 4.65. The third-order valence-electron chi connectivity index (χ3n) is 6.41. The standard InChI is InChI=1S/C23H30N2OS2/c1-24(23(26)20-9-13-27-16-20)22(15-18-5-3-2-4-6-18)19-7-11-25(12-8-19)21-10-14-28-17-21/h2-6,9,13,16,19,21-22H,7-8,10-12,14-15,17H2,1H3/t21-,22+/m0/s1. The number of carbonyl (C=O) groups is 1. The molecule has 2 aliphatic heterocycles. The van der Waals surface area contributed by atoms with Crippen LogP contribution >= 0.6 is 23.1 Å². The van der Waals surface area contributed by atoms with Crippen LogP contribution in [0.25, 0.3) is 0 Å². The Morgan fingerprint density at radius 3 is 2.61 bits per heavy atom. The van der Waals surface area contributed by atoms with Crippen LogP contribution in [0.1, 0.15) is 35.2 Å². The number of piperidine rings is 1. The molecule has 3 nitrogen and oxygen atoms in total. The van der Waals surface area contributed by atoms with Crippen LogP contribution in [0.15, 0.2) is 47.2 Å². The van der Waals surface area contributed by atoms with Crippen LogP contribution in [0.3, 0.4) is 0 Å². The quantitative estimate of drug-likeness (QED) is 0.687. The Hall–Kier alpha value is -1.30. The van der Waals surface area contributed by atoms with Crippen LogP contribution in [0, 0.1) is 5.92 Å². The van der Waals surface area contributed by atoms with Gasteiger partial charge in [0, 0.05) is 30.3 Å². The molecule has 28 heavy (non-hydrogen) atoms. The van der Waals surface area contributed by atoms with Crippen molar-refractivity contribution in [3.63, 3.8) is 0 Å². The molecule has 1 aromatic carbocycles. The molecule has 0 saturated carbocycles. The van der Waals surface area contributed by atoms with Crippen molar-refractivity contribution in [1.82, 2.24) is 9.80 Å². The molecule has 3 heterocycles. The first-order valence-electron chi connectivity index (χ1n) is 10.4. The summed E-state index contributed by atoms with van der Waals surface area (Å²) in [5, 5.41) is 3.96. The van der Waals surface area contributed by atoms with Gasteiger partial charge in [-0.3, -0.25) is 9.69 Å². The van der Waals surface area contributed by atoms with E-state index < -0.39 is 0 Å². The number of rotatable bonds is 6. The van der Waals surface area contributed by atoms with Crippen LogP contribution in [0.5, 0.6) is 0 Å². The first-order valence-corrected chi connectivity index (χ1v) is 12.5. The van der Waals surface area contributed by atoms with Gasteiger partial charge in [0.2, 0.25) is 0 Å². The number of carbonyl (C=O) groups excluding carboxylic acids is 1. The molecule has 2 fully saturated rings. The number of thioether (sulfide) groups is 1. The van der Waals surface area contributed by atoms with Crippen LogP contribution in [0.2, 0.25) is 0 Å². The van der Waals surface area contributed by atoms with Gasteiger partial charge in [-0.15, -0.1) is 0 Å². The van der Waals surface area contributed by atoms with E-state index in [2.05, 4.69) is 47.0 Å². The van der Waals surface area contributed by atoms with E-state index in [0.29, 0.717) is 5.92 Å². The van der Waals surface area contributed by atoms with Crippen molar-refractivity contribution < 1.29 is 4.79 Å². The molecule has 0 bridgehead atoms. The second-order valence-electron chi connectivity index (χ2n) is 8.08. The zero-order chi connectivity index (χ0) is 19.3. The normalized spacial score (nSPS) is 22.2. The van der Waals surface area contributed by atoms with Crippen LogP contribution in [0.4, 0.5) is 0 Å². The number of nitrogens with zero attached hydrogens (tertiary/aromatic N) is 2. The summed E-state index contributed by atoms with van der Waals surface area (Å²) in [7, 11) is 2.01. The second-order valence-corrected chi connectivity index (χ2v) is 10.0. The molecule has 1 aromatic heterocycles. The second kappa shape index (κ2) is 9.47. The summed E-state index contributed by atoms with van der Waals surface area (Å²) in [5.74, 6) is 3.35. The van der Waals surface area contributed by atoms with Crippen molar-refractivity contribution in [1.29, 1.82) is 0 Å². The minimum Gasteiger partial charge on any atom is -0.338 e. The Morgan fingerprint density at radius 2 is 1.96 bits per heavy atom. The lowest BCUT2D eigenvalue weighted by molar-refractivity contribution is 0.0558. The van der Waals surface area contributed by atoms with Gasteiger partial charge in [0.1, 0.15) is 0 Å². The minimum atomic E-state index is 0.164. The minimum absolute atomic E-state index is 0.164. The number of hydrogen-bond acceptors (Lipinski definition) is 4. The molecule has 4 rings (SSSR count). The van der Waals surface area contributed by atoms with Gasteiger partial charge in [0.25, 0.3) is 5.91 Å². The Kier molecular flexibility index (Phi) is 6.76. The summed E-state index contributed by atoms with van der Waals surface area (Å²) in [4.78, 5) is 17.8. The molecule has 2 atom stereocenters. The summed E-state index contributed by atoms with van der Waals surface area (Å²) < 4.78 is 0.